The Kier molecular flexibility index (Phi) is 3.97. The molecule has 88 valence electrons. The number of hydrogen-bond acceptors (Lipinski definition) is 2. The van der Waals surface area contributed by atoms with Crippen LogP contribution in [0.3, 0.4) is 0 Å². The first-order valence-electron chi connectivity index (χ1n) is 5.05. The van der Waals surface area contributed by atoms with Gasteiger partial charge in [0.1, 0.15) is 5.60 Å². The molecular formula is C12H16BrNO2. The minimum Gasteiger partial charge on any atom is -0.443 e. The lowest BCUT2D eigenvalue weighted by molar-refractivity contribution is 0.0614. The molecule has 1 aromatic rings. The molecule has 0 aliphatic rings. The Morgan fingerprint density at radius 1 is 1.38 bits per heavy atom. The highest BCUT2D eigenvalue weighted by Gasteiger charge is 2.21. The number of carbonyl (C=O) groups is 1. The minimum atomic E-state index is -0.493. The average molecular weight is 286 g/mol. The van der Waals surface area contributed by atoms with Crippen LogP contribution in [0.15, 0.2) is 24.3 Å². The molecule has 0 aliphatic carbocycles. The van der Waals surface area contributed by atoms with E-state index < -0.39 is 11.7 Å². The van der Waals surface area contributed by atoms with Gasteiger partial charge < -0.3 is 4.74 Å². The van der Waals surface area contributed by atoms with Crippen LogP contribution >= 0.6 is 16.1 Å². The van der Waals surface area contributed by atoms with Crippen molar-refractivity contribution in [3.8, 4) is 0 Å². The van der Waals surface area contributed by atoms with E-state index in [2.05, 4.69) is 16.1 Å². The molecule has 0 atom stereocenters. The molecule has 0 spiro atoms. The van der Waals surface area contributed by atoms with Crippen molar-refractivity contribution in [3.63, 3.8) is 0 Å². The molecule has 0 N–H and O–H groups in total. The van der Waals surface area contributed by atoms with E-state index in [1.807, 2.05) is 52.0 Å². The SMILES string of the molecule is Cc1cccc(N(Br)C(=O)OC(C)(C)C)c1. The zero-order valence-electron chi connectivity index (χ0n) is 9.95. The fourth-order valence-corrected chi connectivity index (χ4v) is 1.45. The zero-order valence-corrected chi connectivity index (χ0v) is 11.5. The molecule has 0 aromatic heterocycles. The Labute approximate surface area is 105 Å². The summed E-state index contributed by atoms with van der Waals surface area (Å²) >= 11 is 3.20. The number of carbonyl (C=O) groups excluding carboxylic acids is 1. The number of rotatable bonds is 1. The zero-order chi connectivity index (χ0) is 12.3. The molecule has 0 radical (unpaired) electrons. The van der Waals surface area contributed by atoms with Crippen molar-refractivity contribution < 1.29 is 9.53 Å². The molecule has 0 saturated carbocycles. The van der Waals surface area contributed by atoms with Gasteiger partial charge in [-0.05, 0) is 45.4 Å². The van der Waals surface area contributed by atoms with Crippen molar-refractivity contribution >= 4 is 27.9 Å². The summed E-state index contributed by atoms with van der Waals surface area (Å²) < 4.78 is 6.56. The molecule has 4 heteroatoms. The summed E-state index contributed by atoms with van der Waals surface area (Å²) in [6.45, 7) is 7.48. The van der Waals surface area contributed by atoms with Gasteiger partial charge in [0, 0.05) is 0 Å². The molecule has 3 nitrogen and oxygen atoms in total. The molecule has 0 heterocycles. The van der Waals surface area contributed by atoms with Crippen LogP contribution in [0.2, 0.25) is 0 Å². The lowest BCUT2D eigenvalue weighted by atomic mass is 10.2. The molecule has 0 bridgehead atoms. The highest BCUT2D eigenvalue weighted by atomic mass is 79.9. The number of aryl methyl sites for hydroxylation is 1. The molecule has 1 amide bonds. The predicted octanol–water partition coefficient (Wildman–Crippen LogP) is 4.05. The van der Waals surface area contributed by atoms with Gasteiger partial charge in [-0.2, -0.15) is 0 Å². The lowest BCUT2D eigenvalue weighted by Crippen LogP contribution is -2.30. The first-order chi connectivity index (χ1) is 7.29. The third-order valence-electron chi connectivity index (χ3n) is 1.78. The Balaban J connectivity index is 2.78. The first-order valence-corrected chi connectivity index (χ1v) is 5.76. The van der Waals surface area contributed by atoms with Gasteiger partial charge in [-0.15, -0.1) is 0 Å². The maximum absolute atomic E-state index is 11.7. The second-order valence-corrected chi connectivity index (χ2v) is 5.31. The van der Waals surface area contributed by atoms with Crippen molar-refractivity contribution in [2.24, 2.45) is 0 Å². The summed E-state index contributed by atoms with van der Waals surface area (Å²) in [5, 5.41) is 0. The van der Waals surface area contributed by atoms with Crippen LogP contribution in [0.5, 0.6) is 0 Å². The Morgan fingerprint density at radius 3 is 2.50 bits per heavy atom. The molecule has 0 saturated heterocycles. The van der Waals surface area contributed by atoms with Gasteiger partial charge in [0.2, 0.25) is 0 Å². The Hall–Kier alpha value is -1.03. The van der Waals surface area contributed by atoms with E-state index in [-0.39, 0.29) is 0 Å². The monoisotopic (exact) mass is 285 g/mol. The predicted molar refractivity (Wildman–Crippen MR) is 68.8 cm³/mol. The summed E-state index contributed by atoms with van der Waals surface area (Å²) in [6, 6.07) is 7.60. The quantitative estimate of drug-likeness (QED) is 0.729. The number of ether oxygens (including phenoxy) is 1. The number of amides is 1. The number of nitrogens with zero attached hydrogens (tertiary/aromatic N) is 1. The standard InChI is InChI=1S/C12H16BrNO2/c1-9-6-5-7-10(8-9)14(13)11(15)16-12(2,3)4/h5-8H,1-4H3. The van der Waals surface area contributed by atoms with Crippen LogP contribution < -0.4 is 3.93 Å². The van der Waals surface area contributed by atoms with E-state index in [0.717, 1.165) is 11.3 Å². The third-order valence-corrected chi connectivity index (χ3v) is 2.48. The smallest absolute Gasteiger partial charge is 0.425 e. The summed E-state index contributed by atoms with van der Waals surface area (Å²) in [5.41, 5.74) is 1.35. The highest BCUT2D eigenvalue weighted by molar-refractivity contribution is 9.10. The Morgan fingerprint density at radius 2 is 2.00 bits per heavy atom. The molecule has 1 rings (SSSR count). The maximum Gasteiger partial charge on any atom is 0.425 e. The molecule has 1 aromatic carbocycles. The first kappa shape index (κ1) is 13.0. The molecule has 16 heavy (non-hydrogen) atoms. The number of halogens is 1. The van der Waals surface area contributed by atoms with Crippen molar-refractivity contribution in [1.29, 1.82) is 0 Å². The fraction of sp³-hybridized carbons (Fsp3) is 0.417. The topological polar surface area (TPSA) is 29.5 Å². The summed E-state index contributed by atoms with van der Waals surface area (Å²) in [6.07, 6.45) is -0.418. The second kappa shape index (κ2) is 4.87. The second-order valence-electron chi connectivity index (χ2n) is 4.60. The highest BCUT2D eigenvalue weighted by Crippen LogP contribution is 2.22. The molecule has 0 fully saturated rings. The van der Waals surface area contributed by atoms with E-state index in [0.29, 0.717) is 0 Å². The molecular weight excluding hydrogens is 270 g/mol. The van der Waals surface area contributed by atoms with E-state index in [1.54, 1.807) is 0 Å². The normalized spacial score (nSPS) is 11.1. The largest absolute Gasteiger partial charge is 0.443 e. The van der Waals surface area contributed by atoms with Gasteiger partial charge in [-0.1, -0.05) is 12.1 Å². The molecule has 0 aliphatic heterocycles. The third kappa shape index (κ3) is 3.85. The van der Waals surface area contributed by atoms with Crippen LogP contribution in [0.25, 0.3) is 0 Å². The van der Waals surface area contributed by atoms with Gasteiger partial charge in [0.15, 0.2) is 0 Å². The molecule has 0 unspecified atom stereocenters. The van der Waals surface area contributed by atoms with Gasteiger partial charge in [-0.3, -0.25) is 0 Å². The van der Waals surface area contributed by atoms with E-state index in [1.165, 1.54) is 3.93 Å². The van der Waals surface area contributed by atoms with Crippen molar-refractivity contribution in [3.05, 3.63) is 29.8 Å². The van der Waals surface area contributed by atoms with Gasteiger partial charge in [-0.25, -0.2) is 8.72 Å². The number of anilines is 1. The summed E-state index contributed by atoms with van der Waals surface area (Å²) in [4.78, 5) is 11.7. The van der Waals surface area contributed by atoms with Crippen molar-refractivity contribution in [1.82, 2.24) is 0 Å². The lowest BCUT2D eigenvalue weighted by Gasteiger charge is -2.23. The maximum atomic E-state index is 11.7. The number of hydrogen-bond donors (Lipinski definition) is 0. The fourth-order valence-electron chi connectivity index (χ4n) is 1.16. The van der Waals surface area contributed by atoms with Gasteiger partial charge >= 0.3 is 6.09 Å². The summed E-state index contributed by atoms with van der Waals surface area (Å²) in [5.74, 6) is 0. The van der Waals surface area contributed by atoms with Crippen molar-refractivity contribution in [2.45, 2.75) is 33.3 Å². The summed E-state index contributed by atoms with van der Waals surface area (Å²) in [7, 11) is 0. The van der Waals surface area contributed by atoms with Crippen LogP contribution in [-0.2, 0) is 4.74 Å². The van der Waals surface area contributed by atoms with Gasteiger partial charge in [0.05, 0.1) is 21.8 Å². The van der Waals surface area contributed by atoms with E-state index in [9.17, 15) is 4.79 Å². The van der Waals surface area contributed by atoms with Crippen LogP contribution in [-0.4, -0.2) is 11.7 Å². The number of benzene rings is 1. The van der Waals surface area contributed by atoms with E-state index in [4.69, 9.17) is 4.74 Å². The average Bonchev–Trinajstić information content (AvgIpc) is 2.14. The van der Waals surface area contributed by atoms with Crippen LogP contribution in [0.1, 0.15) is 26.3 Å². The van der Waals surface area contributed by atoms with Crippen LogP contribution in [0, 0.1) is 6.92 Å². The van der Waals surface area contributed by atoms with E-state index >= 15 is 0 Å². The minimum absolute atomic E-state index is 0.418. The van der Waals surface area contributed by atoms with Crippen molar-refractivity contribution in [2.75, 3.05) is 3.93 Å². The Bertz CT molecular complexity index is 385. The van der Waals surface area contributed by atoms with Gasteiger partial charge in [0.25, 0.3) is 0 Å². The van der Waals surface area contributed by atoms with Crippen LogP contribution in [0.4, 0.5) is 10.5 Å².